The van der Waals surface area contributed by atoms with Crippen LogP contribution in [0.2, 0.25) is 0 Å². The predicted octanol–water partition coefficient (Wildman–Crippen LogP) is 3.10. The number of anilines is 1. The summed E-state index contributed by atoms with van der Waals surface area (Å²) in [6.45, 7) is 1.98. The smallest absolute Gasteiger partial charge is 0.326 e. The maximum Gasteiger partial charge on any atom is 0.326 e. The highest BCUT2D eigenvalue weighted by Crippen LogP contribution is 2.13. The van der Waals surface area contributed by atoms with Crippen LogP contribution in [0.1, 0.15) is 11.1 Å². The van der Waals surface area contributed by atoms with E-state index in [1.54, 1.807) is 0 Å². The highest BCUT2D eigenvalue weighted by Gasteiger charge is 2.17. The lowest BCUT2D eigenvalue weighted by molar-refractivity contribution is -0.137. The second-order valence-corrected chi connectivity index (χ2v) is 4.59. The van der Waals surface area contributed by atoms with Crippen LogP contribution in [0.5, 0.6) is 0 Å². The van der Waals surface area contributed by atoms with E-state index in [0.29, 0.717) is 6.42 Å². The van der Waals surface area contributed by atoms with Gasteiger partial charge in [0.25, 0.3) is 0 Å². The molecule has 0 saturated carbocycles. The molecule has 19 heavy (non-hydrogen) atoms. The lowest BCUT2D eigenvalue weighted by Gasteiger charge is -2.16. The summed E-state index contributed by atoms with van der Waals surface area (Å²) in [4.78, 5) is 11.3. The highest BCUT2D eigenvalue weighted by atomic mass is 16.4. The normalized spacial score (nSPS) is 11.8. The van der Waals surface area contributed by atoms with Gasteiger partial charge >= 0.3 is 5.97 Å². The first-order chi connectivity index (χ1) is 9.15. The molecule has 0 spiro atoms. The quantitative estimate of drug-likeness (QED) is 0.863. The van der Waals surface area contributed by atoms with Crippen molar-refractivity contribution in [3.8, 4) is 0 Å². The highest BCUT2D eigenvalue weighted by molar-refractivity contribution is 5.77. The third-order valence-corrected chi connectivity index (χ3v) is 2.94. The summed E-state index contributed by atoms with van der Waals surface area (Å²) in [5.41, 5.74) is 2.95. The first-order valence-electron chi connectivity index (χ1n) is 6.25. The summed E-state index contributed by atoms with van der Waals surface area (Å²) in [6.07, 6.45) is 0.462. The van der Waals surface area contributed by atoms with Gasteiger partial charge < -0.3 is 10.4 Å². The Labute approximate surface area is 112 Å². The van der Waals surface area contributed by atoms with Gasteiger partial charge in [-0.05, 0) is 30.2 Å². The lowest BCUT2D eigenvalue weighted by atomic mass is 10.1. The molecule has 3 nitrogen and oxygen atoms in total. The number of nitrogens with one attached hydrogen (secondary N) is 1. The molecule has 0 amide bonds. The number of carboxylic acids is 1. The molecule has 0 aliphatic heterocycles. The number of benzene rings is 2. The minimum Gasteiger partial charge on any atom is -0.480 e. The average Bonchev–Trinajstić information content (AvgIpc) is 2.39. The Morgan fingerprint density at radius 1 is 1.16 bits per heavy atom. The van der Waals surface area contributed by atoms with Crippen molar-refractivity contribution in [1.29, 1.82) is 0 Å². The second-order valence-electron chi connectivity index (χ2n) is 4.59. The van der Waals surface area contributed by atoms with E-state index in [-0.39, 0.29) is 0 Å². The summed E-state index contributed by atoms with van der Waals surface area (Å²) in [6, 6.07) is 16.7. The Morgan fingerprint density at radius 2 is 1.89 bits per heavy atom. The number of hydrogen-bond donors (Lipinski definition) is 2. The van der Waals surface area contributed by atoms with Gasteiger partial charge in [0, 0.05) is 12.1 Å². The van der Waals surface area contributed by atoms with E-state index in [0.717, 1.165) is 16.8 Å². The van der Waals surface area contributed by atoms with E-state index >= 15 is 0 Å². The van der Waals surface area contributed by atoms with Crippen LogP contribution in [0.4, 0.5) is 5.69 Å². The van der Waals surface area contributed by atoms with Gasteiger partial charge in [-0.25, -0.2) is 4.79 Å². The Bertz CT molecular complexity index is 552. The van der Waals surface area contributed by atoms with Gasteiger partial charge in [-0.15, -0.1) is 0 Å². The number of aryl methyl sites for hydroxylation is 1. The first-order valence-corrected chi connectivity index (χ1v) is 6.25. The van der Waals surface area contributed by atoms with Crippen molar-refractivity contribution in [3.63, 3.8) is 0 Å². The van der Waals surface area contributed by atoms with Crippen LogP contribution in [-0.4, -0.2) is 17.1 Å². The Kier molecular flexibility index (Phi) is 4.18. The van der Waals surface area contributed by atoms with Crippen LogP contribution in [0.15, 0.2) is 54.6 Å². The average molecular weight is 255 g/mol. The van der Waals surface area contributed by atoms with Crippen LogP contribution < -0.4 is 5.32 Å². The van der Waals surface area contributed by atoms with E-state index in [2.05, 4.69) is 5.32 Å². The van der Waals surface area contributed by atoms with Crippen LogP contribution in [-0.2, 0) is 11.2 Å². The van der Waals surface area contributed by atoms with Crippen molar-refractivity contribution in [3.05, 3.63) is 65.7 Å². The van der Waals surface area contributed by atoms with E-state index in [1.807, 2.05) is 61.5 Å². The standard InChI is InChI=1S/C16H17NO2/c1-12-6-5-9-14(10-12)17-15(16(18)19)11-13-7-3-2-4-8-13/h2-10,15,17H,11H2,1H3,(H,18,19). The molecule has 0 bridgehead atoms. The Hall–Kier alpha value is -2.29. The van der Waals surface area contributed by atoms with Crippen LogP contribution in [0.25, 0.3) is 0 Å². The minimum atomic E-state index is -0.842. The molecule has 2 aromatic rings. The monoisotopic (exact) mass is 255 g/mol. The molecule has 2 aromatic carbocycles. The summed E-state index contributed by atoms with van der Waals surface area (Å²) in [5.74, 6) is -0.842. The van der Waals surface area contributed by atoms with Crippen molar-refractivity contribution in [2.75, 3.05) is 5.32 Å². The fourth-order valence-electron chi connectivity index (χ4n) is 1.99. The van der Waals surface area contributed by atoms with E-state index in [9.17, 15) is 9.90 Å². The zero-order chi connectivity index (χ0) is 13.7. The van der Waals surface area contributed by atoms with Crippen molar-refractivity contribution in [1.82, 2.24) is 0 Å². The molecule has 0 aliphatic rings. The lowest BCUT2D eigenvalue weighted by Crippen LogP contribution is -2.31. The molecular formula is C16H17NO2. The van der Waals surface area contributed by atoms with Gasteiger partial charge in [0.1, 0.15) is 6.04 Å². The number of rotatable bonds is 5. The van der Waals surface area contributed by atoms with Gasteiger partial charge in [0.05, 0.1) is 0 Å². The zero-order valence-electron chi connectivity index (χ0n) is 10.8. The zero-order valence-corrected chi connectivity index (χ0v) is 10.8. The molecule has 0 aliphatic carbocycles. The predicted molar refractivity (Wildman–Crippen MR) is 76.4 cm³/mol. The molecule has 0 radical (unpaired) electrons. The molecule has 98 valence electrons. The van der Waals surface area contributed by atoms with Gasteiger partial charge in [-0.2, -0.15) is 0 Å². The molecule has 0 heterocycles. The molecule has 0 saturated heterocycles. The summed E-state index contributed by atoms with van der Waals surface area (Å²) < 4.78 is 0. The van der Waals surface area contributed by atoms with Gasteiger partial charge in [0.2, 0.25) is 0 Å². The maximum atomic E-state index is 11.3. The molecule has 2 N–H and O–H groups in total. The van der Waals surface area contributed by atoms with Crippen molar-refractivity contribution < 1.29 is 9.90 Å². The van der Waals surface area contributed by atoms with Gasteiger partial charge in [0.15, 0.2) is 0 Å². The summed E-state index contributed by atoms with van der Waals surface area (Å²) in [5, 5.41) is 12.4. The molecule has 1 atom stereocenters. The fraction of sp³-hybridized carbons (Fsp3) is 0.188. The van der Waals surface area contributed by atoms with Crippen LogP contribution in [0, 0.1) is 6.92 Å². The molecule has 2 rings (SSSR count). The number of hydrogen-bond acceptors (Lipinski definition) is 2. The largest absolute Gasteiger partial charge is 0.480 e. The molecule has 0 aromatic heterocycles. The molecule has 0 fully saturated rings. The van der Waals surface area contributed by atoms with Crippen LogP contribution in [0.3, 0.4) is 0 Å². The second kappa shape index (κ2) is 6.05. The van der Waals surface area contributed by atoms with Gasteiger partial charge in [-0.1, -0.05) is 42.5 Å². The number of aliphatic carboxylic acids is 1. The Balaban J connectivity index is 2.11. The third-order valence-electron chi connectivity index (χ3n) is 2.94. The maximum absolute atomic E-state index is 11.3. The third kappa shape index (κ3) is 3.85. The SMILES string of the molecule is Cc1cccc(NC(Cc2ccccc2)C(=O)O)c1. The summed E-state index contributed by atoms with van der Waals surface area (Å²) >= 11 is 0. The Morgan fingerprint density at radius 3 is 2.53 bits per heavy atom. The first kappa shape index (κ1) is 13.1. The van der Waals surface area contributed by atoms with E-state index in [4.69, 9.17) is 0 Å². The van der Waals surface area contributed by atoms with Crippen molar-refractivity contribution in [2.45, 2.75) is 19.4 Å². The van der Waals surface area contributed by atoms with E-state index in [1.165, 1.54) is 0 Å². The molecule has 3 heteroatoms. The molecular weight excluding hydrogens is 238 g/mol. The summed E-state index contributed by atoms with van der Waals surface area (Å²) in [7, 11) is 0. The number of carbonyl (C=O) groups is 1. The fourth-order valence-corrected chi connectivity index (χ4v) is 1.99. The van der Waals surface area contributed by atoms with Crippen LogP contribution >= 0.6 is 0 Å². The van der Waals surface area contributed by atoms with Crippen molar-refractivity contribution >= 4 is 11.7 Å². The van der Waals surface area contributed by atoms with Gasteiger partial charge in [-0.3, -0.25) is 0 Å². The van der Waals surface area contributed by atoms with Crippen molar-refractivity contribution in [2.24, 2.45) is 0 Å². The van der Waals surface area contributed by atoms with E-state index < -0.39 is 12.0 Å². The topological polar surface area (TPSA) is 49.3 Å². The minimum absolute atomic E-state index is 0.462. The molecule has 1 unspecified atom stereocenters. The number of carboxylic acid groups (broad SMARTS) is 1.